The summed E-state index contributed by atoms with van der Waals surface area (Å²) in [5.41, 5.74) is 0. The Morgan fingerprint density at radius 2 is 2.00 bits per heavy atom. The van der Waals surface area contributed by atoms with Gasteiger partial charge in [0.05, 0.1) is 0 Å². The summed E-state index contributed by atoms with van der Waals surface area (Å²) in [5, 5.41) is 0. The van der Waals surface area contributed by atoms with Crippen molar-refractivity contribution in [3.63, 3.8) is 0 Å². The number of hydrogen-bond donors (Lipinski definition) is 0. The van der Waals surface area contributed by atoms with Crippen LogP contribution >= 0.6 is 0 Å². The third-order valence-corrected chi connectivity index (χ3v) is 4.29. The SMILES string of the molecule is CCC(=O)N1C[C@H]2CCN(c3ncccn3)C[C@H]2C1. The van der Waals surface area contributed by atoms with Crippen molar-refractivity contribution in [1.82, 2.24) is 14.9 Å². The molecule has 1 aromatic heterocycles. The van der Waals surface area contributed by atoms with Crippen LogP contribution in [0.3, 0.4) is 0 Å². The highest BCUT2D eigenvalue weighted by Gasteiger charge is 2.38. The highest BCUT2D eigenvalue weighted by Crippen LogP contribution is 2.32. The number of piperidine rings is 1. The number of aromatic nitrogens is 2. The lowest BCUT2D eigenvalue weighted by Gasteiger charge is -2.34. The van der Waals surface area contributed by atoms with Gasteiger partial charge in [-0.25, -0.2) is 9.97 Å². The fourth-order valence-electron chi connectivity index (χ4n) is 3.23. The second-order valence-electron chi connectivity index (χ2n) is 5.46. The number of hydrogen-bond acceptors (Lipinski definition) is 4. The number of carbonyl (C=O) groups is 1. The van der Waals surface area contributed by atoms with E-state index in [0.717, 1.165) is 38.5 Å². The minimum absolute atomic E-state index is 0.289. The summed E-state index contributed by atoms with van der Waals surface area (Å²) >= 11 is 0. The molecule has 19 heavy (non-hydrogen) atoms. The Labute approximate surface area is 113 Å². The maximum Gasteiger partial charge on any atom is 0.225 e. The van der Waals surface area contributed by atoms with E-state index in [4.69, 9.17) is 0 Å². The third-order valence-electron chi connectivity index (χ3n) is 4.29. The quantitative estimate of drug-likeness (QED) is 0.801. The van der Waals surface area contributed by atoms with Gasteiger partial charge < -0.3 is 9.80 Å². The van der Waals surface area contributed by atoms with E-state index in [-0.39, 0.29) is 5.91 Å². The highest BCUT2D eigenvalue weighted by molar-refractivity contribution is 5.76. The van der Waals surface area contributed by atoms with Crippen LogP contribution in [0.15, 0.2) is 18.5 Å². The molecule has 0 radical (unpaired) electrons. The number of amides is 1. The molecule has 0 N–H and O–H groups in total. The van der Waals surface area contributed by atoms with Crippen LogP contribution in [0.5, 0.6) is 0 Å². The molecule has 1 amide bonds. The Kier molecular flexibility index (Phi) is 3.36. The topological polar surface area (TPSA) is 49.3 Å². The molecule has 3 heterocycles. The summed E-state index contributed by atoms with van der Waals surface area (Å²) in [6.45, 7) is 5.76. The molecule has 102 valence electrons. The third kappa shape index (κ3) is 2.41. The number of fused-ring (bicyclic) bond motifs is 1. The Bertz CT molecular complexity index is 450. The fraction of sp³-hybridized carbons (Fsp3) is 0.643. The molecular weight excluding hydrogens is 240 g/mol. The van der Waals surface area contributed by atoms with Crippen molar-refractivity contribution < 1.29 is 4.79 Å². The van der Waals surface area contributed by atoms with E-state index in [0.29, 0.717) is 18.3 Å². The lowest BCUT2D eigenvalue weighted by atomic mass is 9.89. The standard InChI is InChI=1S/C14H20N4O/c1-2-13(19)18-8-11-4-7-17(9-12(11)10-18)14-15-5-3-6-16-14/h3,5-6,11-12H,2,4,7-10H2,1H3/t11-,12+/m1/s1. The molecule has 2 fully saturated rings. The number of carbonyl (C=O) groups excluding carboxylic acids is 1. The maximum absolute atomic E-state index is 11.8. The molecule has 0 aromatic carbocycles. The minimum Gasteiger partial charge on any atom is -0.342 e. The first kappa shape index (κ1) is 12.4. The van der Waals surface area contributed by atoms with Crippen LogP contribution in [-0.2, 0) is 4.79 Å². The number of likely N-dealkylation sites (tertiary alicyclic amines) is 1. The van der Waals surface area contributed by atoms with Crippen molar-refractivity contribution in [3.8, 4) is 0 Å². The van der Waals surface area contributed by atoms with Gasteiger partial charge in [-0.1, -0.05) is 6.92 Å². The molecule has 5 nitrogen and oxygen atoms in total. The van der Waals surface area contributed by atoms with Crippen LogP contribution in [0.4, 0.5) is 5.95 Å². The average molecular weight is 260 g/mol. The average Bonchev–Trinajstić information content (AvgIpc) is 2.90. The first-order valence-corrected chi connectivity index (χ1v) is 7.07. The van der Waals surface area contributed by atoms with Gasteiger partial charge in [-0.05, 0) is 24.3 Å². The molecule has 1 aromatic rings. The van der Waals surface area contributed by atoms with E-state index < -0.39 is 0 Å². The van der Waals surface area contributed by atoms with Crippen LogP contribution in [0.2, 0.25) is 0 Å². The summed E-state index contributed by atoms with van der Waals surface area (Å²) in [5.74, 6) is 2.35. The predicted molar refractivity (Wildman–Crippen MR) is 72.7 cm³/mol. The Morgan fingerprint density at radius 3 is 2.74 bits per heavy atom. The van der Waals surface area contributed by atoms with Gasteiger partial charge in [-0.3, -0.25) is 4.79 Å². The maximum atomic E-state index is 11.8. The van der Waals surface area contributed by atoms with Gasteiger partial charge in [0.15, 0.2) is 0 Å². The van der Waals surface area contributed by atoms with Crippen LogP contribution in [0.1, 0.15) is 19.8 Å². The molecule has 0 saturated carbocycles. The summed E-state index contributed by atoms with van der Waals surface area (Å²) in [7, 11) is 0. The minimum atomic E-state index is 0.289. The van der Waals surface area contributed by atoms with E-state index in [1.54, 1.807) is 12.4 Å². The Balaban J connectivity index is 1.67. The van der Waals surface area contributed by atoms with Crippen molar-refractivity contribution in [1.29, 1.82) is 0 Å². The molecule has 0 bridgehead atoms. The molecular formula is C14H20N4O. The van der Waals surface area contributed by atoms with Crippen molar-refractivity contribution in [2.75, 3.05) is 31.1 Å². The molecule has 0 unspecified atom stereocenters. The monoisotopic (exact) mass is 260 g/mol. The van der Waals surface area contributed by atoms with Crippen molar-refractivity contribution in [2.45, 2.75) is 19.8 Å². The van der Waals surface area contributed by atoms with Crippen LogP contribution in [0.25, 0.3) is 0 Å². The normalized spacial score (nSPS) is 26.4. The lowest BCUT2D eigenvalue weighted by molar-refractivity contribution is -0.130. The molecule has 3 rings (SSSR count). The summed E-state index contributed by atoms with van der Waals surface area (Å²) in [6.07, 6.45) is 5.33. The first-order chi connectivity index (χ1) is 9.28. The van der Waals surface area contributed by atoms with Gasteiger partial charge in [-0.2, -0.15) is 0 Å². The Morgan fingerprint density at radius 1 is 1.26 bits per heavy atom. The van der Waals surface area contributed by atoms with Gasteiger partial charge in [0.2, 0.25) is 11.9 Å². The second-order valence-corrected chi connectivity index (χ2v) is 5.46. The Hall–Kier alpha value is -1.65. The van der Waals surface area contributed by atoms with Crippen LogP contribution in [-0.4, -0.2) is 47.0 Å². The summed E-state index contributed by atoms with van der Waals surface area (Å²) < 4.78 is 0. The zero-order valence-electron chi connectivity index (χ0n) is 11.3. The van der Waals surface area contributed by atoms with Crippen LogP contribution < -0.4 is 4.90 Å². The van der Waals surface area contributed by atoms with E-state index >= 15 is 0 Å². The number of rotatable bonds is 2. The van der Waals surface area contributed by atoms with E-state index in [9.17, 15) is 4.79 Å². The van der Waals surface area contributed by atoms with E-state index in [2.05, 4.69) is 14.9 Å². The van der Waals surface area contributed by atoms with Crippen molar-refractivity contribution in [2.24, 2.45) is 11.8 Å². The van der Waals surface area contributed by atoms with Gasteiger partial charge in [0.25, 0.3) is 0 Å². The summed E-state index contributed by atoms with van der Waals surface area (Å²) in [4.78, 5) is 24.7. The van der Waals surface area contributed by atoms with E-state index in [1.165, 1.54) is 0 Å². The zero-order chi connectivity index (χ0) is 13.2. The van der Waals surface area contributed by atoms with Crippen LogP contribution in [0, 0.1) is 11.8 Å². The number of nitrogens with zero attached hydrogens (tertiary/aromatic N) is 4. The molecule has 2 aliphatic heterocycles. The van der Waals surface area contributed by atoms with Gasteiger partial charge >= 0.3 is 0 Å². The van der Waals surface area contributed by atoms with E-state index in [1.807, 2.05) is 17.9 Å². The fourth-order valence-corrected chi connectivity index (χ4v) is 3.23. The molecule has 0 spiro atoms. The highest BCUT2D eigenvalue weighted by atomic mass is 16.2. The lowest BCUT2D eigenvalue weighted by Crippen LogP contribution is -2.40. The smallest absolute Gasteiger partial charge is 0.225 e. The van der Waals surface area contributed by atoms with Gasteiger partial charge in [-0.15, -0.1) is 0 Å². The molecule has 2 aliphatic rings. The second kappa shape index (κ2) is 5.15. The van der Waals surface area contributed by atoms with Crippen molar-refractivity contribution in [3.05, 3.63) is 18.5 Å². The molecule has 2 saturated heterocycles. The zero-order valence-corrected chi connectivity index (χ0v) is 11.3. The molecule has 2 atom stereocenters. The molecule has 0 aliphatic carbocycles. The van der Waals surface area contributed by atoms with Gasteiger partial charge in [0.1, 0.15) is 0 Å². The van der Waals surface area contributed by atoms with Crippen molar-refractivity contribution >= 4 is 11.9 Å². The largest absolute Gasteiger partial charge is 0.342 e. The summed E-state index contributed by atoms with van der Waals surface area (Å²) in [6, 6.07) is 1.84. The van der Waals surface area contributed by atoms with Gasteiger partial charge in [0, 0.05) is 45.0 Å². The molecule has 5 heteroatoms. The first-order valence-electron chi connectivity index (χ1n) is 7.07. The number of anilines is 1. The predicted octanol–water partition coefficient (Wildman–Crippen LogP) is 1.17.